The van der Waals surface area contributed by atoms with Crippen LogP contribution in [0.25, 0.3) is 0 Å². The van der Waals surface area contributed by atoms with Gasteiger partial charge in [0.15, 0.2) is 0 Å². The van der Waals surface area contributed by atoms with Crippen molar-refractivity contribution in [3.8, 4) is 0 Å². The number of carbonyl (C=O) groups is 10. The number of sulfonamides is 3. The van der Waals surface area contributed by atoms with E-state index in [1.807, 2.05) is 0 Å². The predicted molar refractivity (Wildman–Crippen MR) is 388 cm³/mol. The SMILES string of the molecule is CC(C)(C)OC(=O)N[C@H]1CCC(F)(F)CC/C=C\[C@@H]2C[C@@]2(C(=O)NS(=O)(=O)C2CC2)NC(=O)[C@@H]2C[C@@H](OC(=O)N3Cc4cccc(F)c4C3)CN2C1=O.CC(C)(C)OC(=O)N[C@H]1CCC(F)(F)CCCC[C@@H]2C[C@@]2(C(=O)NS(=O)(=O)C2CC2)NC(=O)[C@@H]2C[C@@H](OC(=O)N3Cc4cccc(F)c4C3)CN2C1=O.NS(=O)(=O)C1CC1. The molecule has 624 valence electrons. The van der Waals surface area contributed by atoms with Crippen LogP contribution in [0.5, 0.6) is 0 Å². The first-order valence-corrected chi connectivity index (χ1v) is 42.6. The van der Waals surface area contributed by atoms with Gasteiger partial charge in [-0.15, -0.1) is 0 Å². The molecule has 5 saturated carbocycles. The van der Waals surface area contributed by atoms with Crippen LogP contribution in [-0.4, -0.2) is 204 Å². The molecule has 6 aliphatic heterocycles. The Bertz CT molecular complexity index is 4460. The first kappa shape index (κ1) is 85.4. The average Bonchev–Trinajstić information content (AvgIpc) is 1.57. The fourth-order valence-electron chi connectivity index (χ4n) is 14.8. The van der Waals surface area contributed by atoms with Gasteiger partial charge in [0.1, 0.15) is 70.3 Å². The third kappa shape index (κ3) is 21.5. The number of hydrogen-bond donors (Lipinski definition) is 7. The van der Waals surface area contributed by atoms with Gasteiger partial charge in [0.2, 0.25) is 65.5 Å². The van der Waals surface area contributed by atoms with E-state index in [2.05, 4.69) is 30.7 Å². The smallest absolute Gasteiger partial charge is 0.410 e. The van der Waals surface area contributed by atoms with E-state index in [1.165, 1.54) is 46.2 Å². The first-order valence-electron chi connectivity index (χ1n) is 37.9. The summed E-state index contributed by atoms with van der Waals surface area (Å²) in [5.41, 5.74) is -3.60. The van der Waals surface area contributed by atoms with Crippen molar-refractivity contribution in [1.29, 1.82) is 0 Å². The summed E-state index contributed by atoms with van der Waals surface area (Å²) in [5.74, 6) is -14.3. The molecule has 10 amide bonds. The number of carbonyl (C=O) groups excluding carboxylic acids is 10. The van der Waals surface area contributed by atoms with Gasteiger partial charge in [-0.1, -0.05) is 42.8 Å². The van der Waals surface area contributed by atoms with Crippen LogP contribution in [-0.2, 0) is 104 Å². The number of alkyl halides is 4. The summed E-state index contributed by atoms with van der Waals surface area (Å²) in [6.45, 7) is 8.68. The maximum atomic E-state index is 15.2. The van der Waals surface area contributed by atoms with Gasteiger partial charge in [0, 0.05) is 68.7 Å². The number of halogens is 6. The fraction of sp³-hybridized carbons (Fsp3) is 0.671. The Morgan fingerprint density at radius 1 is 0.540 bits per heavy atom. The molecule has 31 nitrogen and oxygen atoms in total. The van der Waals surface area contributed by atoms with Gasteiger partial charge >= 0.3 is 24.4 Å². The lowest BCUT2D eigenvalue weighted by molar-refractivity contribution is -0.141. The number of allylic oxidation sites excluding steroid dienone is 1. The number of nitrogens with two attached hydrogens (primary N) is 1. The Balaban J connectivity index is 0.000000205. The van der Waals surface area contributed by atoms with Crippen LogP contribution in [0, 0.1) is 23.5 Å². The highest BCUT2D eigenvalue weighted by Gasteiger charge is 2.64. The largest absolute Gasteiger partial charge is 0.444 e. The van der Waals surface area contributed by atoms with E-state index >= 15 is 17.6 Å². The lowest BCUT2D eigenvalue weighted by atomic mass is 10.00. The molecule has 113 heavy (non-hydrogen) atoms. The van der Waals surface area contributed by atoms with Crippen molar-refractivity contribution >= 4 is 89.9 Å². The van der Waals surface area contributed by atoms with Gasteiger partial charge in [-0.05, 0) is 154 Å². The van der Waals surface area contributed by atoms with Crippen LogP contribution >= 0.6 is 0 Å². The molecule has 13 rings (SSSR count). The van der Waals surface area contributed by atoms with Crippen molar-refractivity contribution < 1.29 is 118 Å². The highest BCUT2D eigenvalue weighted by molar-refractivity contribution is 7.91. The minimum absolute atomic E-state index is 0.0361. The Morgan fingerprint density at radius 2 is 0.965 bits per heavy atom. The molecule has 40 heteroatoms. The van der Waals surface area contributed by atoms with Crippen LogP contribution in [0.15, 0.2) is 48.6 Å². The van der Waals surface area contributed by atoms with E-state index < -0.39 is 233 Å². The molecule has 0 radical (unpaired) electrons. The molecule has 8 N–H and O–H groups in total. The highest BCUT2D eigenvalue weighted by Crippen LogP contribution is 2.50. The maximum absolute atomic E-state index is 15.2. The Hall–Kier alpha value is -8.53. The van der Waals surface area contributed by atoms with Gasteiger partial charge in [0.05, 0.1) is 41.9 Å². The van der Waals surface area contributed by atoms with E-state index in [0.29, 0.717) is 47.9 Å². The van der Waals surface area contributed by atoms with Crippen molar-refractivity contribution in [2.75, 3.05) is 13.1 Å². The molecule has 2 aromatic rings. The van der Waals surface area contributed by atoms with Crippen LogP contribution in [0.4, 0.5) is 45.5 Å². The van der Waals surface area contributed by atoms with Crippen molar-refractivity contribution in [3.05, 3.63) is 82.4 Å². The standard InChI is InChI=1S/C35H46F3N5O9S.C35H44F3N5O9S.C3H7NO2S/c2*1-33(2,3)52-31(47)39-26-12-14-34(37,38)13-5-4-8-21-16-35(21,30(46)41-53(49,50)23-10-11-23)40-28(44)27-15-22(18-43(27)29(26)45)51-32(48)42-17-20-7-6-9-25(36)24(20)19-42;4-7(5,6)3-1-2-3/h6-7,9,21-23,26-27H,4-5,8,10-19H2,1-3H3,(H,39,47)(H,40,44)(H,41,46);4,6-9,21-23,26-27H,5,10-19H2,1-3H3,(H,39,47)(H,40,44)(H,41,46);3H,1-2H2,(H2,4,5,6)/b;8-4-;/t2*21-,22-,26+,27+,35-;/m11./s1. The van der Waals surface area contributed by atoms with Crippen LogP contribution < -0.4 is 35.9 Å². The molecule has 3 saturated heterocycles. The molecular formula is C73H97F6N11O20S3. The zero-order valence-electron chi connectivity index (χ0n) is 63.4. The molecule has 11 aliphatic rings. The number of nitrogens with zero attached hydrogens (tertiary/aromatic N) is 4. The number of ether oxygens (including phenoxy) is 4. The zero-order chi connectivity index (χ0) is 82.5. The molecule has 0 spiro atoms. The van der Waals surface area contributed by atoms with E-state index in [1.54, 1.807) is 53.7 Å². The molecule has 8 fully saturated rings. The van der Waals surface area contributed by atoms with Gasteiger partial charge < -0.3 is 50.0 Å². The van der Waals surface area contributed by atoms with Crippen LogP contribution in [0.3, 0.4) is 0 Å². The second-order valence-electron chi connectivity index (χ2n) is 33.1. The van der Waals surface area contributed by atoms with Crippen LogP contribution in [0.1, 0.15) is 192 Å². The molecule has 0 bridgehead atoms. The average molecular weight is 1660 g/mol. The Labute approximate surface area is 650 Å². The van der Waals surface area contributed by atoms with E-state index in [4.69, 9.17) is 24.1 Å². The molecule has 6 heterocycles. The number of alkyl carbamates (subject to hydrolysis) is 2. The molecular weight excluding hydrogens is 1560 g/mol. The van der Waals surface area contributed by atoms with Gasteiger partial charge in [-0.2, -0.15) is 0 Å². The third-order valence-electron chi connectivity index (χ3n) is 21.6. The molecule has 0 aromatic heterocycles. The minimum Gasteiger partial charge on any atom is -0.444 e. The minimum atomic E-state index is -4.03. The molecule has 2 aromatic carbocycles. The molecule has 0 unspecified atom stereocenters. The number of benzene rings is 2. The summed E-state index contributed by atoms with van der Waals surface area (Å²) in [6.07, 6.45) is -3.92. The normalized spacial score (nSPS) is 28.8. The number of primary sulfonamides is 1. The summed E-state index contributed by atoms with van der Waals surface area (Å²) >= 11 is 0. The number of fused-ring (bicyclic) bond motifs is 6. The van der Waals surface area contributed by atoms with Gasteiger partial charge in [0.25, 0.3) is 11.8 Å². The second kappa shape index (κ2) is 32.6. The number of amides is 10. The molecule has 5 aliphatic carbocycles. The summed E-state index contributed by atoms with van der Waals surface area (Å²) < 4.78 is 187. The summed E-state index contributed by atoms with van der Waals surface area (Å²) in [4.78, 5) is 141. The van der Waals surface area contributed by atoms with Crippen molar-refractivity contribution in [2.45, 2.75) is 282 Å². The quantitative estimate of drug-likeness (QED) is 0.0722. The first-order chi connectivity index (χ1) is 52.6. The Morgan fingerprint density at radius 3 is 1.37 bits per heavy atom. The summed E-state index contributed by atoms with van der Waals surface area (Å²) in [5, 5.41) is 13.1. The molecule has 10 atom stereocenters. The van der Waals surface area contributed by atoms with Gasteiger partial charge in [-0.25, -0.2) is 75.9 Å². The number of nitrogens with one attached hydrogen (secondary N) is 6. The highest BCUT2D eigenvalue weighted by atomic mass is 32.2. The summed E-state index contributed by atoms with van der Waals surface area (Å²) in [6, 6.07) is 2.92. The van der Waals surface area contributed by atoms with Crippen LogP contribution in [0.2, 0.25) is 0 Å². The van der Waals surface area contributed by atoms with E-state index in [0.717, 1.165) is 22.6 Å². The zero-order valence-corrected chi connectivity index (χ0v) is 65.8. The monoisotopic (exact) mass is 1660 g/mol. The topological polar surface area (TPSA) is 421 Å². The maximum Gasteiger partial charge on any atom is 0.410 e. The number of rotatable bonds is 11. The van der Waals surface area contributed by atoms with Crippen molar-refractivity contribution in [1.82, 2.24) is 50.3 Å². The van der Waals surface area contributed by atoms with E-state index in [-0.39, 0.29) is 95.9 Å². The number of hydrogen-bond acceptors (Lipinski definition) is 20. The lowest BCUT2D eigenvalue weighted by Crippen LogP contribution is -2.58. The second-order valence-corrected chi connectivity index (χ2v) is 38.9. The fourth-order valence-corrected chi connectivity index (χ4v) is 18.3. The predicted octanol–water partition coefficient (Wildman–Crippen LogP) is 6.44. The van der Waals surface area contributed by atoms with Gasteiger partial charge in [-0.3, -0.25) is 48.0 Å². The third-order valence-corrected chi connectivity index (χ3v) is 26.6. The van der Waals surface area contributed by atoms with Crippen molar-refractivity contribution in [2.24, 2.45) is 17.0 Å². The lowest BCUT2D eigenvalue weighted by Gasteiger charge is -2.31. The Kier molecular flexibility index (Phi) is 24.6. The van der Waals surface area contributed by atoms with E-state index in [9.17, 15) is 82.0 Å². The summed E-state index contributed by atoms with van der Waals surface area (Å²) in [7, 11) is -11.2. The van der Waals surface area contributed by atoms with Crippen molar-refractivity contribution in [3.63, 3.8) is 0 Å².